The van der Waals surface area contributed by atoms with Crippen LogP contribution in [-0.2, 0) is 14.8 Å². The summed E-state index contributed by atoms with van der Waals surface area (Å²) in [5.74, 6) is 0.0980. The molecule has 1 aromatic heterocycles. The molecule has 3 heterocycles. The van der Waals surface area contributed by atoms with E-state index in [1.54, 1.807) is 23.5 Å². The number of sulfonamides is 1. The van der Waals surface area contributed by atoms with E-state index in [1.165, 1.54) is 9.18 Å². The highest BCUT2D eigenvalue weighted by atomic mass is 32.2. The molecule has 1 amide bonds. The summed E-state index contributed by atoms with van der Waals surface area (Å²) in [4.78, 5) is 18.6. The second kappa shape index (κ2) is 8.55. The zero-order valence-corrected chi connectivity index (χ0v) is 18.3. The average molecular weight is 434 g/mol. The lowest BCUT2D eigenvalue weighted by atomic mass is 10.2. The van der Waals surface area contributed by atoms with Gasteiger partial charge in [0.2, 0.25) is 15.9 Å². The van der Waals surface area contributed by atoms with Gasteiger partial charge < -0.3 is 4.90 Å². The van der Waals surface area contributed by atoms with Gasteiger partial charge >= 0.3 is 0 Å². The first-order chi connectivity index (χ1) is 13.9. The van der Waals surface area contributed by atoms with Crippen molar-refractivity contribution in [2.75, 3.05) is 39.3 Å². The molecular formula is C21H27N3O3S2. The van der Waals surface area contributed by atoms with E-state index in [0.29, 0.717) is 43.7 Å². The summed E-state index contributed by atoms with van der Waals surface area (Å²) >= 11 is 1.75. The van der Waals surface area contributed by atoms with Gasteiger partial charge in [0.1, 0.15) is 0 Å². The second-order valence-electron chi connectivity index (χ2n) is 7.74. The summed E-state index contributed by atoms with van der Waals surface area (Å²) in [5.41, 5.74) is 1.03. The maximum atomic E-state index is 12.9. The first-order valence-corrected chi connectivity index (χ1v) is 12.4. The van der Waals surface area contributed by atoms with Crippen LogP contribution in [0.15, 0.2) is 46.7 Å². The van der Waals surface area contributed by atoms with E-state index in [-0.39, 0.29) is 5.91 Å². The molecule has 6 nitrogen and oxygen atoms in total. The molecule has 0 N–H and O–H groups in total. The summed E-state index contributed by atoms with van der Waals surface area (Å²) in [6, 6.07) is 11.5. The van der Waals surface area contributed by atoms with Gasteiger partial charge in [-0.25, -0.2) is 8.42 Å². The van der Waals surface area contributed by atoms with Crippen LogP contribution in [0, 0.1) is 6.92 Å². The Kier molecular flexibility index (Phi) is 6.06. The summed E-state index contributed by atoms with van der Waals surface area (Å²) in [6.45, 7) is 4.86. The Labute approximate surface area is 176 Å². The van der Waals surface area contributed by atoms with Crippen LogP contribution in [0.25, 0.3) is 0 Å². The number of amides is 1. The van der Waals surface area contributed by atoms with E-state index in [4.69, 9.17) is 0 Å². The number of thiophene rings is 1. The second-order valence-corrected chi connectivity index (χ2v) is 10.7. The number of benzene rings is 1. The number of hydrogen-bond donors (Lipinski definition) is 0. The fourth-order valence-electron chi connectivity index (χ4n) is 4.13. The molecule has 156 valence electrons. The Bertz CT molecular complexity index is 934. The first-order valence-electron chi connectivity index (χ1n) is 10.1. The minimum Gasteiger partial charge on any atom is -0.339 e. The van der Waals surface area contributed by atoms with Gasteiger partial charge in [0.05, 0.1) is 11.4 Å². The fraction of sp³-hybridized carbons (Fsp3) is 0.476. The van der Waals surface area contributed by atoms with Crippen molar-refractivity contribution >= 4 is 27.3 Å². The third-order valence-corrected chi connectivity index (χ3v) is 8.71. The number of aryl methyl sites for hydroxylation is 1. The Morgan fingerprint density at radius 1 is 1.07 bits per heavy atom. The number of carbonyl (C=O) groups excluding carboxylic acids is 1. The van der Waals surface area contributed by atoms with Crippen LogP contribution in [0.2, 0.25) is 0 Å². The Morgan fingerprint density at radius 3 is 2.45 bits per heavy atom. The van der Waals surface area contributed by atoms with E-state index in [2.05, 4.69) is 22.4 Å². The van der Waals surface area contributed by atoms with Gasteiger partial charge in [0.25, 0.3) is 0 Å². The maximum Gasteiger partial charge on any atom is 0.243 e. The lowest BCUT2D eigenvalue weighted by Crippen LogP contribution is -2.52. The number of hydrogen-bond acceptors (Lipinski definition) is 5. The van der Waals surface area contributed by atoms with Gasteiger partial charge in [-0.3, -0.25) is 9.69 Å². The quantitative estimate of drug-likeness (QED) is 0.728. The molecule has 0 spiro atoms. The van der Waals surface area contributed by atoms with E-state index < -0.39 is 10.0 Å². The highest BCUT2D eigenvalue weighted by molar-refractivity contribution is 7.89. The third-order valence-electron chi connectivity index (χ3n) is 5.82. The largest absolute Gasteiger partial charge is 0.339 e. The van der Waals surface area contributed by atoms with Crippen molar-refractivity contribution in [3.63, 3.8) is 0 Å². The molecule has 0 aliphatic carbocycles. The standard InChI is InChI=1S/C21H27N3O3S2/c1-17-6-8-18(9-7-17)29(26,27)24-13-11-22(12-14-24)21(25)16-23-10-2-4-19(23)20-5-3-15-28-20/h3,5-9,15,19H,2,4,10-14,16H2,1H3/t19-/m1/s1. The highest BCUT2D eigenvalue weighted by Gasteiger charge is 2.33. The normalized spacial score (nSPS) is 21.6. The lowest BCUT2D eigenvalue weighted by molar-refractivity contribution is -0.133. The van der Waals surface area contributed by atoms with Crippen molar-refractivity contribution in [3.05, 3.63) is 52.2 Å². The van der Waals surface area contributed by atoms with Crippen LogP contribution in [-0.4, -0.2) is 67.7 Å². The molecule has 29 heavy (non-hydrogen) atoms. The summed E-state index contributed by atoms with van der Waals surface area (Å²) in [5, 5.41) is 2.08. The van der Waals surface area contributed by atoms with Crippen LogP contribution < -0.4 is 0 Å². The van der Waals surface area contributed by atoms with Gasteiger partial charge in [-0.15, -0.1) is 11.3 Å². The molecule has 0 bridgehead atoms. The smallest absolute Gasteiger partial charge is 0.243 e. The number of piperazine rings is 1. The van der Waals surface area contributed by atoms with Crippen LogP contribution in [0.4, 0.5) is 0 Å². The summed E-state index contributed by atoms with van der Waals surface area (Å²) in [6.07, 6.45) is 2.20. The molecule has 2 saturated heterocycles. The highest BCUT2D eigenvalue weighted by Crippen LogP contribution is 2.34. The van der Waals surface area contributed by atoms with Crippen LogP contribution >= 0.6 is 11.3 Å². The molecule has 2 aliphatic rings. The minimum absolute atomic E-state index is 0.0980. The van der Waals surface area contributed by atoms with Crippen LogP contribution in [0.5, 0.6) is 0 Å². The third kappa shape index (κ3) is 4.40. The van der Waals surface area contributed by atoms with Crippen LogP contribution in [0.3, 0.4) is 0 Å². The summed E-state index contributed by atoms with van der Waals surface area (Å²) in [7, 11) is -3.50. The van der Waals surface area contributed by atoms with Crippen LogP contribution in [0.1, 0.15) is 29.3 Å². The molecule has 2 aromatic rings. The molecule has 8 heteroatoms. The molecule has 1 atom stereocenters. The predicted molar refractivity (Wildman–Crippen MR) is 114 cm³/mol. The van der Waals surface area contributed by atoms with Gasteiger partial charge in [-0.2, -0.15) is 4.31 Å². The Balaban J connectivity index is 1.34. The zero-order valence-electron chi connectivity index (χ0n) is 16.7. The Morgan fingerprint density at radius 2 is 1.79 bits per heavy atom. The number of carbonyl (C=O) groups is 1. The lowest BCUT2D eigenvalue weighted by Gasteiger charge is -2.35. The monoisotopic (exact) mass is 433 g/mol. The van der Waals surface area contributed by atoms with Gasteiger partial charge in [0.15, 0.2) is 0 Å². The topological polar surface area (TPSA) is 60.9 Å². The SMILES string of the molecule is Cc1ccc(S(=O)(=O)N2CCN(C(=O)CN3CCC[C@@H]3c3cccs3)CC2)cc1. The number of likely N-dealkylation sites (tertiary alicyclic amines) is 1. The summed E-state index contributed by atoms with van der Waals surface area (Å²) < 4.78 is 27.2. The number of rotatable bonds is 5. The molecule has 2 aliphatic heterocycles. The van der Waals surface area contributed by atoms with Crippen molar-refractivity contribution in [2.45, 2.75) is 30.7 Å². The first kappa shape index (κ1) is 20.5. The fourth-order valence-corrected chi connectivity index (χ4v) is 6.45. The van der Waals surface area contributed by atoms with Gasteiger partial charge in [-0.05, 0) is 49.9 Å². The van der Waals surface area contributed by atoms with Crippen molar-refractivity contribution in [2.24, 2.45) is 0 Å². The molecule has 4 rings (SSSR count). The van der Waals surface area contributed by atoms with Gasteiger partial charge in [0, 0.05) is 37.1 Å². The van der Waals surface area contributed by atoms with E-state index >= 15 is 0 Å². The van der Waals surface area contributed by atoms with E-state index in [0.717, 1.165) is 24.9 Å². The van der Waals surface area contributed by atoms with Crippen molar-refractivity contribution < 1.29 is 13.2 Å². The minimum atomic E-state index is -3.50. The molecule has 0 saturated carbocycles. The van der Waals surface area contributed by atoms with Crippen molar-refractivity contribution in [1.29, 1.82) is 0 Å². The van der Waals surface area contributed by atoms with Crippen molar-refractivity contribution in [1.82, 2.24) is 14.1 Å². The van der Waals surface area contributed by atoms with Crippen molar-refractivity contribution in [3.8, 4) is 0 Å². The zero-order chi connectivity index (χ0) is 20.4. The number of nitrogens with zero attached hydrogens (tertiary/aromatic N) is 3. The molecule has 0 unspecified atom stereocenters. The molecule has 0 radical (unpaired) electrons. The molecule has 1 aromatic carbocycles. The van der Waals surface area contributed by atoms with E-state index in [9.17, 15) is 13.2 Å². The van der Waals surface area contributed by atoms with Gasteiger partial charge in [-0.1, -0.05) is 23.8 Å². The van der Waals surface area contributed by atoms with E-state index in [1.807, 2.05) is 24.0 Å². The molecule has 2 fully saturated rings. The maximum absolute atomic E-state index is 12.9. The average Bonchev–Trinajstić information content (AvgIpc) is 3.40. The Hall–Kier alpha value is -1.74. The predicted octanol–water partition coefficient (Wildman–Crippen LogP) is 2.73. The molecular weight excluding hydrogens is 406 g/mol.